The smallest absolute Gasteiger partial charge is 0.243 e. The lowest BCUT2D eigenvalue weighted by Crippen LogP contribution is -2.37. The van der Waals surface area contributed by atoms with Gasteiger partial charge in [0.25, 0.3) is 0 Å². The fourth-order valence-electron chi connectivity index (χ4n) is 2.21. The second-order valence-electron chi connectivity index (χ2n) is 4.31. The van der Waals surface area contributed by atoms with Crippen molar-refractivity contribution in [1.29, 1.82) is 0 Å². The van der Waals surface area contributed by atoms with Gasteiger partial charge in [-0.2, -0.15) is 0 Å². The number of hydrogen-bond acceptors (Lipinski definition) is 3. The molecule has 2 rings (SSSR count). The van der Waals surface area contributed by atoms with E-state index in [9.17, 15) is 4.79 Å². The molecule has 1 aliphatic heterocycles. The van der Waals surface area contributed by atoms with Crippen LogP contribution in [0.4, 0.5) is 5.69 Å². The van der Waals surface area contributed by atoms with Gasteiger partial charge in [-0.3, -0.25) is 15.2 Å². The zero-order valence-electron chi connectivity index (χ0n) is 10.2. The molecule has 4 heteroatoms. The Hall–Kier alpha value is -1.55. The molecular weight excluding hydrogens is 216 g/mol. The first-order valence-electron chi connectivity index (χ1n) is 5.87. The number of amides is 1. The topological polar surface area (TPSA) is 41.6 Å². The summed E-state index contributed by atoms with van der Waals surface area (Å²) in [5.41, 5.74) is 3.94. The SMILES string of the molecule is COCCC1C(=O)NN(c2ccccc2)C1C. The van der Waals surface area contributed by atoms with Crippen LogP contribution in [0.15, 0.2) is 30.3 Å². The fourth-order valence-corrected chi connectivity index (χ4v) is 2.21. The molecule has 1 aliphatic rings. The molecule has 0 aliphatic carbocycles. The Morgan fingerprint density at radius 2 is 2.06 bits per heavy atom. The minimum Gasteiger partial charge on any atom is -0.385 e. The first-order valence-corrected chi connectivity index (χ1v) is 5.87. The van der Waals surface area contributed by atoms with Crippen molar-refractivity contribution in [3.63, 3.8) is 0 Å². The molecule has 0 aromatic heterocycles. The maximum Gasteiger partial charge on any atom is 0.243 e. The van der Waals surface area contributed by atoms with Gasteiger partial charge in [-0.1, -0.05) is 18.2 Å². The highest BCUT2D eigenvalue weighted by Crippen LogP contribution is 2.26. The van der Waals surface area contributed by atoms with E-state index in [2.05, 4.69) is 12.3 Å². The number of carbonyl (C=O) groups excluding carboxylic acids is 1. The third-order valence-corrected chi connectivity index (χ3v) is 3.22. The van der Waals surface area contributed by atoms with Gasteiger partial charge in [0.15, 0.2) is 0 Å². The molecule has 1 amide bonds. The molecule has 0 radical (unpaired) electrons. The predicted molar refractivity (Wildman–Crippen MR) is 66.5 cm³/mol. The first-order chi connectivity index (χ1) is 8.24. The number of hydrogen-bond donors (Lipinski definition) is 1. The average molecular weight is 234 g/mol. The minimum atomic E-state index is -0.00449. The Labute approximate surface area is 102 Å². The summed E-state index contributed by atoms with van der Waals surface area (Å²) in [4.78, 5) is 11.9. The Morgan fingerprint density at radius 1 is 1.35 bits per heavy atom. The number of carbonyl (C=O) groups is 1. The van der Waals surface area contributed by atoms with E-state index in [1.807, 2.05) is 35.3 Å². The van der Waals surface area contributed by atoms with E-state index in [1.165, 1.54) is 0 Å². The van der Waals surface area contributed by atoms with E-state index in [0.29, 0.717) is 6.61 Å². The van der Waals surface area contributed by atoms with Crippen LogP contribution in [0.25, 0.3) is 0 Å². The zero-order valence-corrected chi connectivity index (χ0v) is 10.2. The van der Waals surface area contributed by atoms with Crippen LogP contribution < -0.4 is 10.4 Å². The molecule has 2 unspecified atom stereocenters. The summed E-state index contributed by atoms with van der Waals surface area (Å²) < 4.78 is 5.04. The average Bonchev–Trinajstić information content (AvgIpc) is 2.64. The summed E-state index contributed by atoms with van der Waals surface area (Å²) in [5, 5.41) is 1.93. The Balaban J connectivity index is 2.10. The monoisotopic (exact) mass is 234 g/mol. The minimum absolute atomic E-state index is 0.00449. The summed E-state index contributed by atoms with van der Waals surface area (Å²) >= 11 is 0. The van der Waals surface area contributed by atoms with Gasteiger partial charge >= 0.3 is 0 Å². The van der Waals surface area contributed by atoms with Crippen LogP contribution >= 0.6 is 0 Å². The predicted octanol–water partition coefficient (Wildman–Crippen LogP) is 1.58. The molecular formula is C13H18N2O2. The molecule has 0 saturated carbocycles. The Kier molecular flexibility index (Phi) is 3.64. The number of ether oxygens (including phenoxy) is 1. The van der Waals surface area contributed by atoms with Crippen molar-refractivity contribution in [1.82, 2.24) is 5.43 Å². The number of methoxy groups -OCH3 is 1. The highest BCUT2D eigenvalue weighted by molar-refractivity contribution is 5.85. The molecule has 1 N–H and O–H groups in total. The quantitative estimate of drug-likeness (QED) is 0.860. The molecule has 0 spiro atoms. The molecule has 2 atom stereocenters. The van der Waals surface area contributed by atoms with Crippen molar-refractivity contribution >= 4 is 11.6 Å². The lowest BCUT2D eigenvalue weighted by Gasteiger charge is -2.24. The standard InChI is InChI=1S/C13H18N2O2/c1-10-12(8-9-17-2)13(16)14-15(10)11-6-4-3-5-7-11/h3-7,10,12H,8-9H2,1-2H3,(H,14,16). The fraction of sp³-hybridized carbons (Fsp3) is 0.462. The van der Waals surface area contributed by atoms with Gasteiger partial charge in [-0.25, -0.2) is 0 Å². The molecule has 1 aromatic rings. The lowest BCUT2D eigenvalue weighted by molar-refractivity contribution is -0.123. The van der Waals surface area contributed by atoms with Crippen LogP contribution in [0.1, 0.15) is 13.3 Å². The van der Waals surface area contributed by atoms with Crippen molar-refractivity contribution in [2.75, 3.05) is 18.7 Å². The van der Waals surface area contributed by atoms with Crippen molar-refractivity contribution in [3.8, 4) is 0 Å². The first kappa shape index (κ1) is 11.9. The van der Waals surface area contributed by atoms with Crippen LogP contribution in [0.5, 0.6) is 0 Å². The zero-order chi connectivity index (χ0) is 12.3. The van der Waals surface area contributed by atoms with E-state index in [0.717, 1.165) is 12.1 Å². The van der Waals surface area contributed by atoms with E-state index in [4.69, 9.17) is 4.74 Å². The summed E-state index contributed by atoms with van der Waals surface area (Å²) in [6, 6.07) is 10.0. The van der Waals surface area contributed by atoms with Gasteiger partial charge in [0.05, 0.1) is 17.6 Å². The van der Waals surface area contributed by atoms with Gasteiger partial charge in [-0.05, 0) is 25.5 Å². The van der Waals surface area contributed by atoms with E-state index >= 15 is 0 Å². The molecule has 0 bridgehead atoms. The van der Waals surface area contributed by atoms with Gasteiger partial charge < -0.3 is 4.74 Å². The molecule has 1 saturated heterocycles. The Bertz CT molecular complexity index is 380. The summed E-state index contributed by atoms with van der Waals surface area (Å²) in [7, 11) is 1.66. The van der Waals surface area contributed by atoms with Crippen molar-refractivity contribution in [2.24, 2.45) is 5.92 Å². The van der Waals surface area contributed by atoms with E-state index in [1.54, 1.807) is 7.11 Å². The second kappa shape index (κ2) is 5.19. The van der Waals surface area contributed by atoms with Gasteiger partial charge in [0.1, 0.15) is 0 Å². The highest BCUT2D eigenvalue weighted by atomic mass is 16.5. The second-order valence-corrected chi connectivity index (χ2v) is 4.31. The van der Waals surface area contributed by atoms with Crippen LogP contribution in [0, 0.1) is 5.92 Å². The number of para-hydroxylation sites is 1. The van der Waals surface area contributed by atoms with Gasteiger partial charge in [0.2, 0.25) is 5.91 Å². The van der Waals surface area contributed by atoms with E-state index < -0.39 is 0 Å². The largest absolute Gasteiger partial charge is 0.385 e. The normalized spacial score (nSPS) is 23.9. The number of rotatable bonds is 4. The summed E-state index contributed by atoms with van der Waals surface area (Å²) in [6.07, 6.45) is 0.757. The third kappa shape index (κ3) is 2.42. The molecule has 92 valence electrons. The summed E-state index contributed by atoms with van der Waals surface area (Å²) in [6.45, 7) is 2.68. The molecule has 4 nitrogen and oxygen atoms in total. The number of hydrazine groups is 1. The molecule has 1 aromatic carbocycles. The summed E-state index contributed by atoms with van der Waals surface area (Å²) in [5.74, 6) is 0.0774. The van der Waals surface area contributed by atoms with Crippen LogP contribution in [0.2, 0.25) is 0 Å². The molecule has 1 fully saturated rings. The number of anilines is 1. The van der Waals surface area contributed by atoms with E-state index in [-0.39, 0.29) is 17.9 Å². The van der Waals surface area contributed by atoms with Crippen molar-refractivity contribution < 1.29 is 9.53 Å². The van der Waals surface area contributed by atoms with Crippen molar-refractivity contribution in [2.45, 2.75) is 19.4 Å². The number of nitrogens with zero attached hydrogens (tertiary/aromatic N) is 1. The number of benzene rings is 1. The van der Waals surface area contributed by atoms with Crippen LogP contribution in [0.3, 0.4) is 0 Å². The molecule has 1 heterocycles. The lowest BCUT2D eigenvalue weighted by atomic mass is 9.98. The maximum atomic E-state index is 11.9. The van der Waals surface area contributed by atoms with Crippen molar-refractivity contribution in [3.05, 3.63) is 30.3 Å². The van der Waals surface area contributed by atoms with Crippen LogP contribution in [-0.2, 0) is 9.53 Å². The Morgan fingerprint density at radius 3 is 2.71 bits per heavy atom. The highest BCUT2D eigenvalue weighted by Gasteiger charge is 2.37. The number of nitrogens with one attached hydrogen (secondary N) is 1. The van der Waals surface area contributed by atoms with Gasteiger partial charge in [-0.15, -0.1) is 0 Å². The molecule has 17 heavy (non-hydrogen) atoms. The maximum absolute atomic E-state index is 11.9. The van der Waals surface area contributed by atoms with Crippen LogP contribution in [-0.4, -0.2) is 25.7 Å². The van der Waals surface area contributed by atoms with Gasteiger partial charge in [0, 0.05) is 13.7 Å². The third-order valence-electron chi connectivity index (χ3n) is 3.22.